The summed E-state index contributed by atoms with van der Waals surface area (Å²) < 4.78 is 11.6. The number of hydrogen-bond donors (Lipinski definition) is 0. The Hall–Kier alpha value is -2.37. The molecule has 1 atom stereocenters. The second-order valence-electron chi connectivity index (χ2n) is 7.81. The summed E-state index contributed by atoms with van der Waals surface area (Å²) >= 11 is 0. The third kappa shape index (κ3) is 4.05. The summed E-state index contributed by atoms with van der Waals surface area (Å²) in [7, 11) is 0. The highest BCUT2D eigenvalue weighted by atomic mass is 16.5. The zero-order valence-electron chi connectivity index (χ0n) is 16.5. The largest absolute Gasteiger partial charge is 0.494 e. The minimum atomic E-state index is -0.0252. The second-order valence-corrected chi connectivity index (χ2v) is 7.81. The Balaban J connectivity index is 1.49. The van der Waals surface area contributed by atoms with Crippen LogP contribution in [0.2, 0.25) is 0 Å². The molecule has 2 heterocycles. The maximum Gasteiger partial charge on any atom is 0.252 e. The first-order valence-electron chi connectivity index (χ1n) is 10.1. The molecule has 2 saturated heterocycles. The number of rotatable bonds is 5. The fourth-order valence-electron chi connectivity index (χ4n) is 4.33. The molecule has 0 aromatic heterocycles. The first-order valence-corrected chi connectivity index (χ1v) is 10.1. The summed E-state index contributed by atoms with van der Waals surface area (Å²) in [5.74, 6) is 1.01. The van der Waals surface area contributed by atoms with E-state index in [1.54, 1.807) is 0 Å². The Morgan fingerprint density at radius 3 is 2.68 bits per heavy atom. The van der Waals surface area contributed by atoms with Crippen molar-refractivity contribution in [1.29, 1.82) is 0 Å². The third-order valence-electron chi connectivity index (χ3n) is 5.68. The molecule has 0 aliphatic carbocycles. The molecule has 5 heteroatoms. The third-order valence-corrected chi connectivity index (χ3v) is 5.68. The van der Waals surface area contributed by atoms with Crippen LogP contribution in [-0.4, -0.2) is 50.3 Å². The predicted molar refractivity (Wildman–Crippen MR) is 110 cm³/mol. The van der Waals surface area contributed by atoms with E-state index in [-0.39, 0.29) is 17.9 Å². The highest BCUT2D eigenvalue weighted by Crippen LogP contribution is 2.36. The molecule has 5 nitrogen and oxygen atoms in total. The lowest BCUT2D eigenvalue weighted by atomic mass is 9.87. The van der Waals surface area contributed by atoms with Crippen LogP contribution < -0.4 is 9.64 Å². The quantitative estimate of drug-likeness (QED) is 0.798. The molecule has 2 fully saturated rings. The summed E-state index contributed by atoms with van der Waals surface area (Å²) in [6.45, 7) is 6.96. The van der Waals surface area contributed by atoms with Crippen LogP contribution in [0.1, 0.15) is 18.9 Å². The van der Waals surface area contributed by atoms with E-state index in [4.69, 9.17) is 9.47 Å². The van der Waals surface area contributed by atoms with E-state index in [9.17, 15) is 4.79 Å². The zero-order valence-corrected chi connectivity index (χ0v) is 16.5. The molecule has 1 unspecified atom stereocenters. The molecule has 0 N–H and O–H groups in total. The number of para-hydroxylation sites is 2. The second kappa shape index (κ2) is 8.33. The van der Waals surface area contributed by atoms with Crippen LogP contribution in [0.3, 0.4) is 0 Å². The number of carbonyl (C=O) groups is 1. The van der Waals surface area contributed by atoms with Gasteiger partial charge in [-0.25, -0.2) is 0 Å². The van der Waals surface area contributed by atoms with E-state index in [2.05, 4.69) is 17.0 Å². The van der Waals surface area contributed by atoms with E-state index in [1.807, 2.05) is 54.3 Å². The summed E-state index contributed by atoms with van der Waals surface area (Å²) in [5.41, 5.74) is 2.15. The number of amides is 1. The summed E-state index contributed by atoms with van der Waals surface area (Å²) in [4.78, 5) is 17.0. The van der Waals surface area contributed by atoms with Crippen LogP contribution in [0.25, 0.3) is 0 Å². The Morgan fingerprint density at radius 2 is 1.86 bits per heavy atom. The van der Waals surface area contributed by atoms with Crippen molar-refractivity contribution in [3.8, 4) is 5.75 Å². The number of carbonyl (C=O) groups excluding carboxylic acids is 1. The first-order chi connectivity index (χ1) is 13.7. The number of ether oxygens (including phenoxy) is 2. The average Bonchev–Trinajstić information content (AvgIpc) is 3.03. The van der Waals surface area contributed by atoms with Crippen molar-refractivity contribution in [3.05, 3.63) is 60.2 Å². The van der Waals surface area contributed by atoms with E-state index >= 15 is 0 Å². The molecule has 1 amide bonds. The van der Waals surface area contributed by atoms with E-state index < -0.39 is 0 Å². The molecule has 2 aromatic rings. The van der Waals surface area contributed by atoms with E-state index in [1.165, 1.54) is 5.56 Å². The minimum absolute atomic E-state index is 0.0252. The minimum Gasteiger partial charge on any atom is -0.494 e. The Bertz CT molecular complexity index is 811. The molecular weight excluding hydrogens is 352 g/mol. The molecule has 0 saturated carbocycles. The Morgan fingerprint density at radius 1 is 1.07 bits per heavy atom. The molecule has 148 valence electrons. The molecule has 2 aliphatic heterocycles. The summed E-state index contributed by atoms with van der Waals surface area (Å²) in [6.07, 6.45) is 1.03. The SMILES string of the molecule is CCOc1ccccc1CN1CCC2(COCC(=O)N(c3ccccc3)C2)C1. The topological polar surface area (TPSA) is 42.0 Å². The maximum absolute atomic E-state index is 12.6. The zero-order chi connectivity index (χ0) is 19.4. The van der Waals surface area contributed by atoms with Crippen LogP contribution in [0.15, 0.2) is 54.6 Å². The van der Waals surface area contributed by atoms with Crippen molar-refractivity contribution >= 4 is 11.6 Å². The predicted octanol–water partition coefficient (Wildman–Crippen LogP) is 3.34. The molecule has 0 radical (unpaired) electrons. The number of benzene rings is 2. The van der Waals surface area contributed by atoms with Gasteiger partial charge in [0, 0.05) is 36.3 Å². The molecule has 4 rings (SSSR count). The lowest BCUT2D eigenvalue weighted by molar-refractivity contribution is -0.122. The van der Waals surface area contributed by atoms with Gasteiger partial charge in [-0.2, -0.15) is 0 Å². The van der Waals surface area contributed by atoms with Crippen LogP contribution in [-0.2, 0) is 16.1 Å². The van der Waals surface area contributed by atoms with Crippen molar-refractivity contribution < 1.29 is 14.3 Å². The lowest BCUT2D eigenvalue weighted by Gasteiger charge is -2.32. The molecular formula is C23H28N2O3. The van der Waals surface area contributed by atoms with Crippen molar-refractivity contribution in [1.82, 2.24) is 4.90 Å². The van der Waals surface area contributed by atoms with Gasteiger partial charge in [0.05, 0.1) is 13.2 Å². The lowest BCUT2D eigenvalue weighted by Crippen LogP contribution is -2.42. The molecule has 28 heavy (non-hydrogen) atoms. The molecule has 1 spiro atoms. The summed E-state index contributed by atoms with van der Waals surface area (Å²) in [6, 6.07) is 18.2. The number of nitrogens with zero attached hydrogens (tertiary/aromatic N) is 2. The first kappa shape index (κ1) is 19.0. The van der Waals surface area contributed by atoms with Gasteiger partial charge in [-0.15, -0.1) is 0 Å². The van der Waals surface area contributed by atoms with E-state index in [0.29, 0.717) is 19.8 Å². The van der Waals surface area contributed by atoms with Crippen molar-refractivity contribution in [2.45, 2.75) is 19.9 Å². The maximum atomic E-state index is 12.6. The fraction of sp³-hybridized carbons (Fsp3) is 0.435. The average molecular weight is 380 g/mol. The van der Waals surface area contributed by atoms with Crippen LogP contribution in [0, 0.1) is 5.41 Å². The Kier molecular flexibility index (Phi) is 5.64. The standard InChI is InChI=1S/C23H28N2O3/c1-2-28-21-11-7-6-8-19(21)14-24-13-12-23(16-24)17-25(22(26)15-27-18-23)20-9-4-3-5-10-20/h3-11H,2,12-18H2,1H3. The van der Waals surface area contributed by atoms with Crippen LogP contribution >= 0.6 is 0 Å². The van der Waals surface area contributed by atoms with Gasteiger partial charge in [0.25, 0.3) is 5.91 Å². The Labute approximate surface area is 166 Å². The highest BCUT2D eigenvalue weighted by molar-refractivity contribution is 5.94. The van der Waals surface area contributed by atoms with E-state index in [0.717, 1.165) is 37.5 Å². The van der Waals surface area contributed by atoms with Crippen LogP contribution in [0.5, 0.6) is 5.75 Å². The number of likely N-dealkylation sites (tertiary alicyclic amines) is 1. The molecule has 2 aromatic carbocycles. The molecule has 2 aliphatic rings. The normalized spacial score (nSPS) is 23.2. The van der Waals surface area contributed by atoms with Gasteiger partial charge in [-0.05, 0) is 38.1 Å². The van der Waals surface area contributed by atoms with Gasteiger partial charge < -0.3 is 14.4 Å². The van der Waals surface area contributed by atoms with Gasteiger partial charge in [0.1, 0.15) is 12.4 Å². The fourth-order valence-corrected chi connectivity index (χ4v) is 4.33. The molecule has 0 bridgehead atoms. The van der Waals surface area contributed by atoms with Gasteiger partial charge in [0.2, 0.25) is 0 Å². The summed E-state index contributed by atoms with van der Waals surface area (Å²) in [5, 5.41) is 0. The van der Waals surface area contributed by atoms with Gasteiger partial charge in [-0.3, -0.25) is 9.69 Å². The van der Waals surface area contributed by atoms with Crippen LogP contribution in [0.4, 0.5) is 5.69 Å². The number of hydrogen-bond acceptors (Lipinski definition) is 4. The van der Waals surface area contributed by atoms with Crippen molar-refractivity contribution in [2.24, 2.45) is 5.41 Å². The van der Waals surface area contributed by atoms with Gasteiger partial charge in [0.15, 0.2) is 0 Å². The van der Waals surface area contributed by atoms with Crippen molar-refractivity contribution in [3.63, 3.8) is 0 Å². The highest BCUT2D eigenvalue weighted by Gasteiger charge is 2.43. The monoisotopic (exact) mass is 380 g/mol. The number of anilines is 1. The van der Waals surface area contributed by atoms with Gasteiger partial charge >= 0.3 is 0 Å². The van der Waals surface area contributed by atoms with Gasteiger partial charge in [-0.1, -0.05) is 36.4 Å². The van der Waals surface area contributed by atoms with Crippen molar-refractivity contribution in [2.75, 3.05) is 44.4 Å². The smallest absolute Gasteiger partial charge is 0.252 e.